The first kappa shape index (κ1) is 14.8. The molecule has 1 heterocycles. The maximum atomic E-state index is 11.7. The first-order valence-electron chi connectivity index (χ1n) is 6.88. The molecule has 2 aliphatic rings. The van der Waals surface area contributed by atoms with Gasteiger partial charge in [-0.1, -0.05) is 0 Å². The number of hydrogen-bond acceptors (Lipinski definition) is 5. The Hall–Kier alpha value is -1.63. The quantitative estimate of drug-likeness (QED) is 0.661. The normalized spacial score (nSPS) is 21.4. The largest absolute Gasteiger partial charge is 0.454 e. The lowest BCUT2D eigenvalue weighted by Crippen LogP contribution is -2.41. The topological polar surface area (TPSA) is 84.9 Å². The van der Waals surface area contributed by atoms with Crippen LogP contribution in [-0.4, -0.2) is 61.6 Å². The zero-order valence-electron chi connectivity index (χ0n) is 11.6. The predicted octanol–water partition coefficient (Wildman–Crippen LogP) is -0.554. The summed E-state index contributed by atoms with van der Waals surface area (Å²) in [4.78, 5) is 36.1. The molecule has 1 atom stereocenters. The standard InChI is InChI=1S/C13H20N2O5/c1-15(7-11(16)14-9-4-5-9)12(17)8-20-13(18)10-3-2-6-19-10/h9-10H,2-8H2,1H3,(H,14,16)/t10-/m1/s1. The van der Waals surface area contributed by atoms with Gasteiger partial charge in [0.25, 0.3) is 5.91 Å². The Morgan fingerprint density at radius 3 is 2.65 bits per heavy atom. The lowest BCUT2D eigenvalue weighted by molar-refractivity contribution is -0.159. The minimum absolute atomic E-state index is 0.0210. The molecule has 0 aromatic rings. The van der Waals surface area contributed by atoms with Gasteiger partial charge in [0.15, 0.2) is 12.7 Å². The highest BCUT2D eigenvalue weighted by atomic mass is 16.6. The summed E-state index contributed by atoms with van der Waals surface area (Å²) in [7, 11) is 1.51. The fraction of sp³-hybridized carbons (Fsp3) is 0.769. The van der Waals surface area contributed by atoms with Crippen molar-refractivity contribution in [2.24, 2.45) is 0 Å². The van der Waals surface area contributed by atoms with Crippen LogP contribution in [0.2, 0.25) is 0 Å². The van der Waals surface area contributed by atoms with Crippen molar-refractivity contribution in [3.05, 3.63) is 0 Å². The molecule has 0 aromatic carbocycles. The summed E-state index contributed by atoms with van der Waals surface area (Å²) >= 11 is 0. The minimum Gasteiger partial charge on any atom is -0.454 e. The van der Waals surface area contributed by atoms with E-state index in [1.165, 1.54) is 11.9 Å². The minimum atomic E-state index is -0.550. The summed E-state index contributed by atoms with van der Waals surface area (Å²) in [5.74, 6) is -1.09. The average molecular weight is 284 g/mol. The number of carbonyl (C=O) groups excluding carboxylic acids is 3. The third-order valence-corrected chi connectivity index (χ3v) is 3.28. The molecule has 1 aliphatic carbocycles. The zero-order chi connectivity index (χ0) is 14.5. The van der Waals surface area contributed by atoms with Crippen LogP contribution in [0.25, 0.3) is 0 Å². The summed E-state index contributed by atoms with van der Waals surface area (Å²) in [6.07, 6.45) is 2.91. The van der Waals surface area contributed by atoms with Gasteiger partial charge < -0.3 is 19.7 Å². The number of carbonyl (C=O) groups is 3. The highest BCUT2D eigenvalue weighted by molar-refractivity contribution is 5.86. The van der Waals surface area contributed by atoms with Gasteiger partial charge in [0, 0.05) is 19.7 Å². The van der Waals surface area contributed by atoms with Gasteiger partial charge in [0.1, 0.15) is 0 Å². The molecule has 1 saturated carbocycles. The average Bonchev–Trinajstić information content (AvgIpc) is 3.05. The number of likely N-dealkylation sites (N-methyl/N-ethyl adjacent to an activating group) is 1. The molecule has 1 N–H and O–H groups in total. The van der Waals surface area contributed by atoms with Gasteiger partial charge in [-0.25, -0.2) is 4.79 Å². The van der Waals surface area contributed by atoms with Crippen LogP contribution >= 0.6 is 0 Å². The maximum Gasteiger partial charge on any atom is 0.335 e. The smallest absolute Gasteiger partial charge is 0.335 e. The van der Waals surface area contributed by atoms with Gasteiger partial charge in [0.05, 0.1) is 6.54 Å². The van der Waals surface area contributed by atoms with Crippen molar-refractivity contribution in [2.45, 2.75) is 37.8 Å². The van der Waals surface area contributed by atoms with Crippen molar-refractivity contribution in [1.29, 1.82) is 0 Å². The lowest BCUT2D eigenvalue weighted by Gasteiger charge is -2.17. The first-order valence-corrected chi connectivity index (χ1v) is 6.88. The van der Waals surface area contributed by atoms with Crippen LogP contribution < -0.4 is 5.32 Å². The van der Waals surface area contributed by atoms with E-state index in [9.17, 15) is 14.4 Å². The van der Waals surface area contributed by atoms with E-state index in [2.05, 4.69) is 5.32 Å². The van der Waals surface area contributed by atoms with Crippen molar-refractivity contribution >= 4 is 17.8 Å². The molecular weight excluding hydrogens is 264 g/mol. The number of nitrogens with one attached hydrogen (secondary N) is 1. The molecule has 2 amide bonds. The third kappa shape index (κ3) is 4.48. The van der Waals surface area contributed by atoms with Crippen LogP contribution in [0.3, 0.4) is 0 Å². The van der Waals surface area contributed by atoms with Crippen LogP contribution in [0.1, 0.15) is 25.7 Å². The van der Waals surface area contributed by atoms with Crippen molar-refractivity contribution in [3.8, 4) is 0 Å². The van der Waals surface area contributed by atoms with E-state index < -0.39 is 18.0 Å². The lowest BCUT2D eigenvalue weighted by atomic mass is 10.2. The molecule has 0 spiro atoms. The predicted molar refractivity (Wildman–Crippen MR) is 68.7 cm³/mol. The van der Waals surface area contributed by atoms with E-state index in [0.717, 1.165) is 19.3 Å². The zero-order valence-corrected chi connectivity index (χ0v) is 11.6. The van der Waals surface area contributed by atoms with Crippen LogP contribution in [0, 0.1) is 0 Å². The molecule has 0 unspecified atom stereocenters. The van der Waals surface area contributed by atoms with Gasteiger partial charge in [-0.05, 0) is 25.7 Å². The van der Waals surface area contributed by atoms with E-state index in [1.54, 1.807) is 0 Å². The Bertz CT molecular complexity index is 388. The Kier molecular flexibility index (Phi) is 4.94. The summed E-state index contributed by atoms with van der Waals surface area (Å²) in [5.41, 5.74) is 0. The summed E-state index contributed by atoms with van der Waals surface area (Å²) in [5, 5.41) is 2.79. The molecule has 2 fully saturated rings. The fourth-order valence-corrected chi connectivity index (χ4v) is 1.90. The van der Waals surface area contributed by atoms with Gasteiger partial charge in [-0.3, -0.25) is 9.59 Å². The number of nitrogens with zero attached hydrogens (tertiary/aromatic N) is 1. The second kappa shape index (κ2) is 6.69. The summed E-state index contributed by atoms with van der Waals surface area (Å²) in [6, 6.07) is 0.267. The maximum absolute atomic E-state index is 11.7. The molecule has 7 nitrogen and oxygen atoms in total. The molecule has 112 valence electrons. The van der Waals surface area contributed by atoms with Crippen molar-refractivity contribution in [3.63, 3.8) is 0 Å². The van der Waals surface area contributed by atoms with Crippen molar-refractivity contribution in [2.75, 3.05) is 26.8 Å². The molecule has 1 aliphatic heterocycles. The van der Waals surface area contributed by atoms with E-state index in [-0.39, 0.29) is 25.1 Å². The van der Waals surface area contributed by atoms with Crippen LogP contribution in [0.5, 0.6) is 0 Å². The number of ether oxygens (including phenoxy) is 2. The van der Waals surface area contributed by atoms with Crippen molar-refractivity contribution < 1.29 is 23.9 Å². The van der Waals surface area contributed by atoms with E-state index >= 15 is 0 Å². The molecule has 2 rings (SSSR count). The molecule has 1 saturated heterocycles. The first-order chi connectivity index (χ1) is 9.56. The second-order valence-corrected chi connectivity index (χ2v) is 5.20. The number of amides is 2. The Morgan fingerprint density at radius 2 is 2.05 bits per heavy atom. The Morgan fingerprint density at radius 1 is 1.30 bits per heavy atom. The van der Waals surface area contributed by atoms with Gasteiger partial charge in [-0.2, -0.15) is 0 Å². The van der Waals surface area contributed by atoms with Crippen LogP contribution in [-0.2, 0) is 23.9 Å². The molecule has 0 radical (unpaired) electrons. The molecule has 20 heavy (non-hydrogen) atoms. The van der Waals surface area contributed by atoms with E-state index in [0.29, 0.717) is 13.0 Å². The molecule has 7 heteroatoms. The highest BCUT2D eigenvalue weighted by Crippen LogP contribution is 2.18. The molecule has 0 bridgehead atoms. The van der Waals surface area contributed by atoms with E-state index in [4.69, 9.17) is 9.47 Å². The Labute approximate surface area is 117 Å². The van der Waals surface area contributed by atoms with Crippen molar-refractivity contribution in [1.82, 2.24) is 10.2 Å². The van der Waals surface area contributed by atoms with Gasteiger partial charge in [-0.15, -0.1) is 0 Å². The van der Waals surface area contributed by atoms with Gasteiger partial charge in [0.2, 0.25) is 5.91 Å². The number of hydrogen-bond donors (Lipinski definition) is 1. The van der Waals surface area contributed by atoms with Gasteiger partial charge >= 0.3 is 5.97 Å². The summed E-state index contributed by atoms with van der Waals surface area (Å²) in [6.45, 7) is 0.174. The SMILES string of the molecule is CN(CC(=O)NC1CC1)C(=O)COC(=O)[C@H]1CCCO1. The monoisotopic (exact) mass is 284 g/mol. The second-order valence-electron chi connectivity index (χ2n) is 5.20. The number of esters is 1. The van der Waals surface area contributed by atoms with Crippen LogP contribution in [0.4, 0.5) is 0 Å². The molecular formula is C13H20N2O5. The fourth-order valence-electron chi connectivity index (χ4n) is 1.90. The molecule has 0 aromatic heterocycles. The highest BCUT2D eigenvalue weighted by Gasteiger charge is 2.27. The Balaban J connectivity index is 1.64. The summed E-state index contributed by atoms with van der Waals surface area (Å²) < 4.78 is 10.1. The number of rotatable bonds is 6. The third-order valence-electron chi connectivity index (χ3n) is 3.28. The van der Waals surface area contributed by atoms with Crippen LogP contribution in [0.15, 0.2) is 0 Å². The van der Waals surface area contributed by atoms with E-state index in [1.807, 2.05) is 0 Å².